The van der Waals surface area contributed by atoms with Gasteiger partial charge in [0.2, 0.25) is 0 Å². The minimum atomic E-state index is -2.91. The lowest BCUT2D eigenvalue weighted by molar-refractivity contribution is 0.414. The monoisotopic (exact) mass is 343 g/mol. The summed E-state index contributed by atoms with van der Waals surface area (Å²) in [5.41, 5.74) is 3.65. The molecule has 1 aromatic rings. The van der Waals surface area contributed by atoms with Crippen molar-refractivity contribution >= 4 is 27.1 Å². The highest BCUT2D eigenvalue weighted by atomic mass is 35.5. The van der Waals surface area contributed by atoms with Crippen LogP contribution in [0.3, 0.4) is 0 Å². The lowest BCUT2D eigenvalue weighted by atomic mass is 9.92. The van der Waals surface area contributed by atoms with Crippen LogP contribution in [0.4, 0.5) is 5.69 Å². The number of anilines is 1. The Morgan fingerprint density at radius 2 is 1.77 bits per heavy atom. The first-order chi connectivity index (χ1) is 10.2. The van der Waals surface area contributed by atoms with Crippen LogP contribution >= 0.6 is 11.6 Å². The van der Waals surface area contributed by atoms with Crippen molar-refractivity contribution in [2.45, 2.75) is 57.7 Å². The van der Waals surface area contributed by atoms with E-state index in [0.29, 0.717) is 6.04 Å². The minimum absolute atomic E-state index is 0.162. The molecule has 0 N–H and O–H groups in total. The van der Waals surface area contributed by atoms with Gasteiger partial charge in [-0.2, -0.15) is 0 Å². The van der Waals surface area contributed by atoms with Crippen molar-refractivity contribution in [1.82, 2.24) is 0 Å². The summed E-state index contributed by atoms with van der Waals surface area (Å²) >= 11 is 6.24. The first kappa shape index (κ1) is 17.6. The maximum absolute atomic E-state index is 11.7. The maximum Gasteiger partial charge on any atom is 0.150 e. The molecule has 0 radical (unpaired) electrons. The SMILES string of the molecule is CCN(c1cc(Cl)cc(C)c1C)C1CCC(S(C)(=O)=O)CC1. The standard InChI is InChI=1S/C17H26ClNO2S/c1-5-19(17-11-14(18)10-12(2)13(17)3)15-6-8-16(9-7-15)22(4,20)21/h10-11,15-16H,5-9H2,1-4H3. The zero-order valence-corrected chi connectivity index (χ0v) is 15.5. The molecule has 0 aromatic heterocycles. The van der Waals surface area contributed by atoms with Crippen molar-refractivity contribution in [2.75, 3.05) is 17.7 Å². The second-order valence-electron chi connectivity index (χ2n) is 6.41. The Bertz CT molecular complexity index is 634. The number of nitrogens with zero attached hydrogens (tertiary/aromatic N) is 1. The van der Waals surface area contributed by atoms with E-state index in [-0.39, 0.29) is 5.25 Å². The Morgan fingerprint density at radius 3 is 2.27 bits per heavy atom. The van der Waals surface area contributed by atoms with Crippen molar-refractivity contribution in [2.24, 2.45) is 0 Å². The molecule has 2 rings (SSSR count). The third-order valence-electron chi connectivity index (χ3n) is 4.94. The van der Waals surface area contributed by atoms with Gasteiger partial charge in [0.25, 0.3) is 0 Å². The first-order valence-corrected chi connectivity index (χ1v) is 10.3. The van der Waals surface area contributed by atoms with Gasteiger partial charge in [0.1, 0.15) is 9.84 Å². The Balaban J connectivity index is 2.21. The average Bonchev–Trinajstić information content (AvgIpc) is 2.44. The Morgan fingerprint density at radius 1 is 1.18 bits per heavy atom. The number of sulfone groups is 1. The van der Waals surface area contributed by atoms with Crippen LogP contribution in [-0.4, -0.2) is 32.5 Å². The summed E-state index contributed by atoms with van der Waals surface area (Å²) in [7, 11) is -2.91. The van der Waals surface area contributed by atoms with Crippen molar-refractivity contribution in [3.8, 4) is 0 Å². The second-order valence-corrected chi connectivity index (χ2v) is 9.18. The molecule has 1 fully saturated rings. The van der Waals surface area contributed by atoms with Crippen LogP contribution in [0.1, 0.15) is 43.7 Å². The molecule has 0 aliphatic heterocycles. The molecular formula is C17H26ClNO2S. The molecular weight excluding hydrogens is 318 g/mol. The number of hydrogen-bond acceptors (Lipinski definition) is 3. The van der Waals surface area contributed by atoms with Crippen LogP contribution in [0.2, 0.25) is 5.02 Å². The number of rotatable bonds is 4. The van der Waals surface area contributed by atoms with Crippen LogP contribution in [-0.2, 0) is 9.84 Å². The van der Waals surface area contributed by atoms with Crippen molar-refractivity contribution in [3.63, 3.8) is 0 Å². The van der Waals surface area contributed by atoms with Gasteiger partial charge in [-0.3, -0.25) is 0 Å². The van der Waals surface area contributed by atoms with Crippen LogP contribution in [0.15, 0.2) is 12.1 Å². The zero-order valence-electron chi connectivity index (χ0n) is 13.9. The normalized spacial score (nSPS) is 22.6. The van der Waals surface area contributed by atoms with Crippen LogP contribution < -0.4 is 4.90 Å². The van der Waals surface area contributed by atoms with E-state index in [1.807, 2.05) is 12.1 Å². The number of halogens is 1. The van der Waals surface area contributed by atoms with Crippen molar-refractivity contribution in [3.05, 3.63) is 28.3 Å². The summed E-state index contributed by atoms with van der Waals surface area (Å²) in [6, 6.07) is 4.43. The molecule has 1 aliphatic carbocycles. The lowest BCUT2D eigenvalue weighted by Gasteiger charge is -2.38. The molecule has 1 aliphatic rings. The summed E-state index contributed by atoms with van der Waals surface area (Å²) in [6.07, 6.45) is 4.74. The van der Waals surface area contributed by atoms with E-state index in [4.69, 9.17) is 11.6 Å². The molecule has 0 unspecified atom stereocenters. The highest BCUT2D eigenvalue weighted by Gasteiger charge is 2.30. The largest absolute Gasteiger partial charge is 0.369 e. The molecule has 0 amide bonds. The third kappa shape index (κ3) is 3.77. The van der Waals surface area contributed by atoms with E-state index in [1.165, 1.54) is 23.1 Å². The van der Waals surface area contributed by atoms with E-state index in [1.54, 1.807) is 0 Å². The molecule has 0 heterocycles. The highest BCUT2D eigenvalue weighted by molar-refractivity contribution is 7.91. The molecule has 1 aromatic carbocycles. The van der Waals surface area contributed by atoms with Gasteiger partial charge < -0.3 is 4.90 Å². The predicted octanol–water partition coefficient (Wildman–Crippen LogP) is 4.14. The van der Waals surface area contributed by atoms with E-state index >= 15 is 0 Å². The number of hydrogen-bond donors (Lipinski definition) is 0. The first-order valence-electron chi connectivity index (χ1n) is 7.96. The van der Waals surface area contributed by atoms with Gasteiger partial charge >= 0.3 is 0 Å². The second kappa shape index (κ2) is 6.79. The fraction of sp³-hybridized carbons (Fsp3) is 0.647. The highest BCUT2D eigenvalue weighted by Crippen LogP contribution is 2.34. The van der Waals surface area contributed by atoms with Crippen LogP contribution in [0, 0.1) is 13.8 Å². The zero-order chi connectivity index (χ0) is 16.5. The van der Waals surface area contributed by atoms with Gasteiger partial charge in [0.15, 0.2) is 0 Å². The molecule has 1 saturated carbocycles. The third-order valence-corrected chi connectivity index (χ3v) is 6.85. The number of aryl methyl sites for hydroxylation is 1. The van der Waals surface area contributed by atoms with Gasteiger partial charge in [0, 0.05) is 29.6 Å². The number of benzene rings is 1. The summed E-state index contributed by atoms with van der Waals surface area (Å²) in [4.78, 5) is 2.40. The average molecular weight is 344 g/mol. The van der Waals surface area contributed by atoms with E-state index in [2.05, 4.69) is 25.7 Å². The Hall–Kier alpha value is -0.740. The fourth-order valence-corrected chi connectivity index (χ4v) is 4.90. The van der Waals surface area contributed by atoms with E-state index < -0.39 is 9.84 Å². The molecule has 5 heteroatoms. The van der Waals surface area contributed by atoms with Gasteiger partial charge in [-0.05, 0) is 69.7 Å². The lowest BCUT2D eigenvalue weighted by Crippen LogP contribution is -2.41. The van der Waals surface area contributed by atoms with Gasteiger partial charge in [-0.25, -0.2) is 8.42 Å². The fourth-order valence-electron chi connectivity index (χ4n) is 3.51. The molecule has 124 valence electrons. The molecule has 3 nitrogen and oxygen atoms in total. The molecule has 0 bridgehead atoms. The van der Waals surface area contributed by atoms with Crippen LogP contribution in [0.25, 0.3) is 0 Å². The Kier molecular flexibility index (Phi) is 5.44. The van der Waals surface area contributed by atoms with E-state index in [9.17, 15) is 8.42 Å². The quantitative estimate of drug-likeness (QED) is 0.824. The predicted molar refractivity (Wildman–Crippen MR) is 94.8 cm³/mol. The minimum Gasteiger partial charge on any atom is -0.369 e. The van der Waals surface area contributed by atoms with Gasteiger partial charge in [0.05, 0.1) is 5.25 Å². The van der Waals surface area contributed by atoms with Crippen molar-refractivity contribution < 1.29 is 8.42 Å². The summed E-state index contributed by atoms with van der Waals surface area (Å²) in [5, 5.41) is 0.603. The van der Waals surface area contributed by atoms with Crippen LogP contribution in [0.5, 0.6) is 0 Å². The molecule has 22 heavy (non-hydrogen) atoms. The summed E-state index contributed by atoms with van der Waals surface area (Å²) in [6.45, 7) is 7.28. The smallest absolute Gasteiger partial charge is 0.150 e. The van der Waals surface area contributed by atoms with Crippen molar-refractivity contribution in [1.29, 1.82) is 0 Å². The van der Waals surface area contributed by atoms with E-state index in [0.717, 1.165) is 37.3 Å². The molecule has 0 atom stereocenters. The Labute approximate surface area is 139 Å². The summed E-state index contributed by atoms with van der Waals surface area (Å²) < 4.78 is 23.4. The van der Waals surface area contributed by atoms with Gasteiger partial charge in [-0.1, -0.05) is 11.6 Å². The molecule has 0 spiro atoms. The maximum atomic E-state index is 11.7. The summed E-state index contributed by atoms with van der Waals surface area (Å²) in [5.74, 6) is 0. The topological polar surface area (TPSA) is 37.4 Å². The molecule has 0 saturated heterocycles. The van der Waals surface area contributed by atoms with Gasteiger partial charge in [-0.15, -0.1) is 0 Å².